The molecule has 0 aromatic carbocycles. The lowest BCUT2D eigenvalue weighted by atomic mass is 10.2. The molecular formula is C12H23NO4S. The highest BCUT2D eigenvalue weighted by Gasteiger charge is 2.31. The molecule has 1 heterocycles. The third-order valence-electron chi connectivity index (χ3n) is 2.87. The fourth-order valence-electron chi connectivity index (χ4n) is 1.94. The summed E-state index contributed by atoms with van der Waals surface area (Å²) in [5.41, 5.74) is -0.509. The molecule has 5 nitrogen and oxygen atoms in total. The first kappa shape index (κ1) is 15.3. The second kappa shape index (κ2) is 5.47. The fourth-order valence-corrected chi connectivity index (χ4v) is 3.16. The topological polar surface area (TPSA) is 63.7 Å². The van der Waals surface area contributed by atoms with Crippen molar-refractivity contribution in [3.05, 3.63) is 0 Å². The fraction of sp³-hybridized carbons (Fsp3) is 0.917. The molecule has 1 fully saturated rings. The van der Waals surface area contributed by atoms with Gasteiger partial charge >= 0.3 is 6.09 Å². The number of sulfone groups is 1. The molecule has 6 heteroatoms. The zero-order valence-electron chi connectivity index (χ0n) is 11.6. The molecule has 0 radical (unpaired) electrons. The number of hydrogen-bond acceptors (Lipinski definition) is 4. The van der Waals surface area contributed by atoms with E-state index in [9.17, 15) is 13.2 Å². The zero-order valence-corrected chi connectivity index (χ0v) is 12.4. The number of carbonyl (C=O) groups excluding carboxylic acids is 1. The standard InChI is InChI=1S/C12H23NO4S/c1-5-18(15,16)9-10-6-7-13(8-10)11(14)17-12(2,3)4/h10H,5-9H2,1-4H3/t10-/m0/s1. The van der Waals surface area contributed by atoms with Gasteiger partial charge in [-0.1, -0.05) is 6.92 Å². The van der Waals surface area contributed by atoms with Gasteiger partial charge in [0.2, 0.25) is 0 Å². The third-order valence-corrected chi connectivity index (χ3v) is 4.73. The van der Waals surface area contributed by atoms with E-state index in [0.717, 1.165) is 6.42 Å². The average molecular weight is 277 g/mol. The minimum Gasteiger partial charge on any atom is -0.444 e. The van der Waals surface area contributed by atoms with Crippen LogP contribution in [0.4, 0.5) is 4.79 Å². The van der Waals surface area contributed by atoms with Crippen molar-refractivity contribution in [2.24, 2.45) is 5.92 Å². The molecule has 0 unspecified atom stereocenters. The summed E-state index contributed by atoms with van der Waals surface area (Å²) >= 11 is 0. The molecule has 1 atom stereocenters. The van der Waals surface area contributed by atoms with Gasteiger partial charge in [-0.05, 0) is 33.1 Å². The number of ether oxygens (including phenoxy) is 1. The van der Waals surface area contributed by atoms with Crippen LogP contribution in [0.25, 0.3) is 0 Å². The molecule has 1 aliphatic rings. The lowest BCUT2D eigenvalue weighted by molar-refractivity contribution is 0.0289. The molecule has 1 rings (SSSR count). The van der Waals surface area contributed by atoms with Crippen LogP contribution in [0.1, 0.15) is 34.1 Å². The number of nitrogens with zero attached hydrogens (tertiary/aromatic N) is 1. The summed E-state index contributed by atoms with van der Waals surface area (Å²) in [5, 5.41) is 0. The van der Waals surface area contributed by atoms with Gasteiger partial charge < -0.3 is 9.64 Å². The predicted octanol–water partition coefficient (Wildman–Crippen LogP) is 1.68. The van der Waals surface area contributed by atoms with Crippen molar-refractivity contribution < 1.29 is 17.9 Å². The number of amides is 1. The van der Waals surface area contributed by atoms with Crippen molar-refractivity contribution in [3.63, 3.8) is 0 Å². The minimum atomic E-state index is -2.97. The molecule has 1 amide bonds. The zero-order chi connectivity index (χ0) is 14.0. The molecule has 0 aliphatic carbocycles. The molecule has 106 valence electrons. The maximum Gasteiger partial charge on any atom is 0.410 e. The molecule has 0 bridgehead atoms. The molecule has 18 heavy (non-hydrogen) atoms. The highest BCUT2D eigenvalue weighted by molar-refractivity contribution is 7.91. The summed E-state index contributed by atoms with van der Waals surface area (Å²) in [6, 6.07) is 0. The number of hydrogen-bond donors (Lipinski definition) is 0. The van der Waals surface area contributed by atoms with Crippen molar-refractivity contribution in [1.82, 2.24) is 4.90 Å². The van der Waals surface area contributed by atoms with Gasteiger partial charge in [0.05, 0.1) is 5.75 Å². The SMILES string of the molecule is CCS(=O)(=O)C[C@H]1CCN(C(=O)OC(C)(C)C)C1. The van der Waals surface area contributed by atoms with Crippen LogP contribution in [-0.2, 0) is 14.6 Å². The van der Waals surface area contributed by atoms with E-state index in [1.54, 1.807) is 11.8 Å². The summed E-state index contributed by atoms with van der Waals surface area (Å²) in [5.74, 6) is 0.376. The molecule has 0 saturated carbocycles. The van der Waals surface area contributed by atoms with E-state index in [1.165, 1.54) is 0 Å². The van der Waals surface area contributed by atoms with Gasteiger partial charge in [-0.3, -0.25) is 0 Å². The maximum atomic E-state index is 11.8. The van der Waals surface area contributed by atoms with Crippen LogP contribution in [0, 0.1) is 5.92 Å². The van der Waals surface area contributed by atoms with E-state index in [2.05, 4.69) is 0 Å². The van der Waals surface area contributed by atoms with E-state index in [0.29, 0.717) is 13.1 Å². The Hall–Kier alpha value is -0.780. The molecule has 0 aromatic rings. The predicted molar refractivity (Wildman–Crippen MR) is 70.2 cm³/mol. The molecule has 1 aliphatic heterocycles. The Bertz CT molecular complexity index is 397. The Morgan fingerprint density at radius 3 is 2.50 bits per heavy atom. The smallest absolute Gasteiger partial charge is 0.410 e. The molecule has 0 N–H and O–H groups in total. The molecule has 0 aromatic heterocycles. The van der Waals surface area contributed by atoms with Crippen molar-refractivity contribution >= 4 is 15.9 Å². The van der Waals surface area contributed by atoms with Gasteiger partial charge in [-0.2, -0.15) is 0 Å². The van der Waals surface area contributed by atoms with E-state index in [1.807, 2.05) is 20.8 Å². The summed E-state index contributed by atoms with van der Waals surface area (Å²) in [6.07, 6.45) is 0.386. The van der Waals surface area contributed by atoms with E-state index in [-0.39, 0.29) is 23.5 Å². The van der Waals surface area contributed by atoms with Gasteiger partial charge in [-0.15, -0.1) is 0 Å². The number of rotatable bonds is 3. The van der Waals surface area contributed by atoms with Gasteiger partial charge in [0, 0.05) is 18.8 Å². The first-order valence-corrected chi connectivity index (χ1v) is 8.13. The van der Waals surface area contributed by atoms with E-state index >= 15 is 0 Å². The Kier molecular flexibility index (Phi) is 4.64. The van der Waals surface area contributed by atoms with Crippen LogP contribution in [0.5, 0.6) is 0 Å². The first-order chi connectivity index (χ1) is 8.13. The van der Waals surface area contributed by atoms with Crippen LogP contribution in [0.15, 0.2) is 0 Å². The van der Waals surface area contributed by atoms with Gasteiger partial charge in [0.15, 0.2) is 0 Å². The van der Waals surface area contributed by atoms with Crippen molar-refractivity contribution in [2.75, 3.05) is 24.6 Å². The second-order valence-corrected chi connectivity index (χ2v) is 8.18. The second-order valence-electron chi connectivity index (χ2n) is 5.78. The molecular weight excluding hydrogens is 254 g/mol. The van der Waals surface area contributed by atoms with Crippen molar-refractivity contribution in [3.8, 4) is 0 Å². The van der Waals surface area contributed by atoms with Crippen LogP contribution in [0.3, 0.4) is 0 Å². The third kappa shape index (κ3) is 4.84. The van der Waals surface area contributed by atoms with Crippen LogP contribution >= 0.6 is 0 Å². The normalized spacial score (nSPS) is 21.1. The van der Waals surface area contributed by atoms with Gasteiger partial charge in [0.1, 0.15) is 15.4 Å². The Morgan fingerprint density at radius 1 is 1.39 bits per heavy atom. The van der Waals surface area contributed by atoms with Crippen LogP contribution in [-0.4, -0.2) is 49.6 Å². The largest absolute Gasteiger partial charge is 0.444 e. The summed E-state index contributed by atoms with van der Waals surface area (Å²) in [6.45, 7) is 8.17. The Morgan fingerprint density at radius 2 is 2.00 bits per heavy atom. The monoisotopic (exact) mass is 277 g/mol. The van der Waals surface area contributed by atoms with E-state index in [4.69, 9.17) is 4.74 Å². The first-order valence-electron chi connectivity index (χ1n) is 6.31. The minimum absolute atomic E-state index is 0.0440. The lowest BCUT2D eigenvalue weighted by Crippen LogP contribution is -2.35. The molecule has 0 spiro atoms. The summed E-state index contributed by atoms with van der Waals surface area (Å²) in [4.78, 5) is 13.4. The maximum absolute atomic E-state index is 11.8. The number of carbonyl (C=O) groups is 1. The van der Waals surface area contributed by atoms with Gasteiger partial charge in [0.25, 0.3) is 0 Å². The summed E-state index contributed by atoms with van der Waals surface area (Å²) in [7, 11) is -2.97. The van der Waals surface area contributed by atoms with Crippen LogP contribution in [0.2, 0.25) is 0 Å². The Balaban J connectivity index is 2.49. The average Bonchev–Trinajstić information content (AvgIpc) is 2.63. The highest BCUT2D eigenvalue weighted by atomic mass is 32.2. The van der Waals surface area contributed by atoms with Crippen LogP contribution < -0.4 is 0 Å². The van der Waals surface area contributed by atoms with Crippen molar-refractivity contribution in [1.29, 1.82) is 0 Å². The summed E-state index contributed by atoms with van der Waals surface area (Å²) < 4.78 is 28.3. The quantitative estimate of drug-likeness (QED) is 0.787. The van der Waals surface area contributed by atoms with E-state index < -0.39 is 15.4 Å². The highest BCUT2D eigenvalue weighted by Crippen LogP contribution is 2.20. The number of likely N-dealkylation sites (tertiary alicyclic amines) is 1. The van der Waals surface area contributed by atoms with Gasteiger partial charge in [-0.25, -0.2) is 13.2 Å². The molecule has 1 saturated heterocycles. The van der Waals surface area contributed by atoms with Crippen molar-refractivity contribution in [2.45, 2.75) is 39.7 Å². The Labute approximate surface area is 109 Å². The lowest BCUT2D eigenvalue weighted by Gasteiger charge is -2.24.